The molecule has 3 rings (SSSR count). The summed E-state index contributed by atoms with van der Waals surface area (Å²) >= 11 is 0. The first-order chi connectivity index (χ1) is 10.3. The quantitative estimate of drug-likeness (QED) is 0.803. The van der Waals surface area contributed by atoms with Crippen molar-refractivity contribution in [2.75, 3.05) is 27.2 Å². The van der Waals surface area contributed by atoms with Gasteiger partial charge in [-0.1, -0.05) is 51.1 Å². The van der Waals surface area contributed by atoms with Crippen LogP contribution in [0.15, 0.2) is 30.3 Å². The van der Waals surface area contributed by atoms with Crippen LogP contribution in [0.3, 0.4) is 0 Å². The van der Waals surface area contributed by atoms with E-state index in [2.05, 4.69) is 70.1 Å². The molecule has 3 atom stereocenters. The zero-order valence-corrected chi connectivity index (χ0v) is 14.9. The molecule has 0 aliphatic heterocycles. The Bertz CT molecular complexity index is 524. The molecule has 2 saturated carbocycles. The monoisotopic (exact) mass is 301 g/mol. The molecule has 1 aromatic rings. The molecule has 2 bridgehead atoms. The fourth-order valence-corrected chi connectivity index (χ4v) is 5.10. The van der Waals surface area contributed by atoms with Crippen LogP contribution in [0.4, 0.5) is 0 Å². The Balaban J connectivity index is 1.99. The van der Waals surface area contributed by atoms with Crippen molar-refractivity contribution in [2.45, 2.75) is 45.6 Å². The Morgan fingerprint density at radius 1 is 1.14 bits per heavy atom. The lowest BCUT2D eigenvalue weighted by atomic mass is 9.62. The van der Waals surface area contributed by atoms with Crippen molar-refractivity contribution in [2.24, 2.45) is 16.7 Å². The SMILES string of the molecule is CN(C)CCO[C@]1(c2ccccc2)C[C@H]2CC[C@@]1(C)C2(C)C. The van der Waals surface area contributed by atoms with Crippen molar-refractivity contribution in [3.05, 3.63) is 35.9 Å². The molecule has 0 heterocycles. The fourth-order valence-electron chi connectivity index (χ4n) is 5.10. The molecule has 0 N–H and O–H groups in total. The molecule has 2 heteroatoms. The molecule has 0 unspecified atom stereocenters. The van der Waals surface area contributed by atoms with Crippen LogP contribution in [0.5, 0.6) is 0 Å². The summed E-state index contributed by atoms with van der Waals surface area (Å²) in [5, 5.41) is 0. The number of hydrogen-bond donors (Lipinski definition) is 0. The molecule has 0 aromatic heterocycles. The van der Waals surface area contributed by atoms with Gasteiger partial charge in [-0.3, -0.25) is 0 Å². The second kappa shape index (κ2) is 5.35. The van der Waals surface area contributed by atoms with E-state index >= 15 is 0 Å². The van der Waals surface area contributed by atoms with Gasteiger partial charge in [0.1, 0.15) is 0 Å². The number of nitrogens with zero attached hydrogens (tertiary/aromatic N) is 1. The predicted octanol–water partition coefficient (Wildman–Crippen LogP) is 4.31. The maximum atomic E-state index is 6.72. The zero-order chi connectivity index (χ0) is 16.0. The summed E-state index contributed by atoms with van der Waals surface area (Å²) < 4.78 is 6.72. The number of hydrogen-bond acceptors (Lipinski definition) is 2. The first-order valence-corrected chi connectivity index (χ1v) is 8.68. The molecule has 0 amide bonds. The van der Waals surface area contributed by atoms with Gasteiger partial charge in [0.25, 0.3) is 0 Å². The van der Waals surface area contributed by atoms with E-state index in [1.807, 2.05) is 0 Å². The molecule has 22 heavy (non-hydrogen) atoms. The minimum absolute atomic E-state index is 0.114. The molecular weight excluding hydrogens is 270 g/mol. The lowest BCUT2D eigenvalue weighted by Gasteiger charge is -2.49. The highest BCUT2D eigenvalue weighted by Gasteiger charge is 2.69. The van der Waals surface area contributed by atoms with Crippen LogP contribution in [0.25, 0.3) is 0 Å². The standard InChI is InChI=1S/C20H31NO/c1-18(2)17-11-12-19(18,3)20(15-17,22-14-13-21(4)5)16-9-7-6-8-10-16/h6-10,17H,11-15H2,1-5H3/t17-,19+,20+/m1/s1. The van der Waals surface area contributed by atoms with Gasteiger partial charge < -0.3 is 9.64 Å². The molecule has 0 saturated heterocycles. The molecule has 122 valence electrons. The summed E-state index contributed by atoms with van der Waals surface area (Å²) in [5.41, 5.74) is 1.84. The molecule has 2 aliphatic rings. The van der Waals surface area contributed by atoms with Crippen molar-refractivity contribution < 1.29 is 4.74 Å². The van der Waals surface area contributed by atoms with Gasteiger partial charge in [-0.2, -0.15) is 0 Å². The van der Waals surface area contributed by atoms with Crippen LogP contribution in [-0.2, 0) is 10.3 Å². The van der Waals surface area contributed by atoms with Crippen molar-refractivity contribution >= 4 is 0 Å². The predicted molar refractivity (Wildman–Crippen MR) is 91.9 cm³/mol. The maximum Gasteiger partial charge on any atom is 0.0993 e. The normalized spacial score (nSPS) is 36.2. The Morgan fingerprint density at radius 3 is 2.32 bits per heavy atom. The van der Waals surface area contributed by atoms with E-state index in [9.17, 15) is 0 Å². The van der Waals surface area contributed by atoms with Crippen LogP contribution < -0.4 is 0 Å². The Kier molecular flexibility index (Phi) is 3.89. The zero-order valence-electron chi connectivity index (χ0n) is 14.9. The van der Waals surface area contributed by atoms with E-state index in [4.69, 9.17) is 4.74 Å². The van der Waals surface area contributed by atoms with E-state index in [1.165, 1.54) is 24.8 Å². The number of ether oxygens (including phenoxy) is 1. The van der Waals surface area contributed by atoms with Crippen molar-refractivity contribution in [3.63, 3.8) is 0 Å². The summed E-state index contributed by atoms with van der Waals surface area (Å²) in [6.45, 7) is 9.19. The summed E-state index contributed by atoms with van der Waals surface area (Å²) in [7, 11) is 4.23. The number of likely N-dealkylation sites (N-methyl/N-ethyl adjacent to an activating group) is 1. The van der Waals surface area contributed by atoms with Gasteiger partial charge in [-0.05, 0) is 50.3 Å². The fraction of sp³-hybridized carbons (Fsp3) is 0.700. The summed E-state index contributed by atoms with van der Waals surface area (Å²) in [6, 6.07) is 11.0. The largest absolute Gasteiger partial charge is 0.368 e. The first kappa shape index (κ1) is 16.0. The third kappa shape index (κ3) is 2.07. The Labute approximate surface area is 135 Å². The average molecular weight is 301 g/mol. The van der Waals surface area contributed by atoms with Crippen LogP contribution in [0.2, 0.25) is 0 Å². The highest BCUT2D eigenvalue weighted by atomic mass is 16.5. The third-order valence-corrected chi connectivity index (χ3v) is 6.99. The van der Waals surface area contributed by atoms with E-state index in [0.29, 0.717) is 5.41 Å². The summed E-state index contributed by atoms with van der Waals surface area (Å²) in [5.74, 6) is 0.775. The molecule has 2 nitrogen and oxygen atoms in total. The van der Waals surface area contributed by atoms with Crippen LogP contribution in [0.1, 0.15) is 45.6 Å². The molecule has 0 spiro atoms. The second-order valence-corrected chi connectivity index (χ2v) is 8.34. The number of rotatable bonds is 5. The van der Waals surface area contributed by atoms with Gasteiger partial charge in [-0.15, -0.1) is 0 Å². The van der Waals surface area contributed by atoms with Crippen LogP contribution in [0, 0.1) is 16.7 Å². The lowest BCUT2D eigenvalue weighted by molar-refractivity contribution is -0.148. The average Bonchev–Trinajstić information content (AvgIpc) is 2.80. The van der Waals surface area contributed by atoms with Crippen molar-refractivity contribution in [1.82, 2.24) is 4.90 Å². The molecule has 2 aliphatic carbocycles. The number of benzene rings is 1. The highest BCUT2D eigenvalue weighted by molar-refractivity contribution is 5.32. The minimum atomic E-state index is -0.114. The Morgan fingerprint density at radius 2 is 1.82 bits per heavy atom. The van der Waals surface area contributed by atoms with Crippen molar-refractivity contribution in [3.8, 4) is 0 Å². The van der Waals surface area contributed by atoms with Crippen LogP contribution >= 0.6 is 0 Å². The van der Waals surface area contributed by atoms with E-state index in [-0.39, 0.29) is 11.0 Å². The first-order valence-electron chi connectivity index (χ1n) is 8.68. The van der Waals surface area contributed by atoms with Gasteiger partial charge in [0.15, 0.2) is 0 Å². The molecular formula is C20H31NO. The molecule has 1 aromatic carbocycles. The molecule has 2 fully saturated rings. The Hall–Kier alpha value is -0.860. The van der Waals surface area contributed by atoms with E-state index in [0.717, 1.165) is 19.1 Å². The van der Waals surface area contributed by atoms with Gasteiger partial charge in [0.05, 0.1) is 12.2 Å². The topological polar surface area (TPSA) is 12.5 Å². The second-order valence-electron chi connectivity index (χ2n) is 8.34. The van der Waals surface area contributed by atoms with Gasteiger partial charge in [0, 0.05) is 12.0 Å². The summed E-state index contributed by atoms with van der Waals surface area (Å²) in [4.78, 5) is 2.21. The highest BCUT2D eigenvalue weighted by Crippen LogP contribution is 2.73. The smallest absolute Gasteiger partial charge is 0.0993 e. The maximum absolute atomic E-state index is 6.72. The van der Waals surface area contributed by atoms with Gasteiger partial charge >= 0.3 is 0 Å². The summed E-state index contributed by atoms with van der Waals surface area (Å²) in [6.07, 6.45) is 3.81. The van der Waals surface area contributed by atoms with Crippen molar-refractivity contribution in [1.29, 1.82) is 0 Å². The van der Waals surface area contributed by atoms with E-state index in [1.54, 1.807) is 0 Å². The van der Waals surface area contributed by atoms with Gasteiger partial charge in [0.2, 0.25) is 0 Å². The third-order valence-electron chi connectivity index (χ3n) is 6.99. The van der Waals surface area contributed by atoms with Crippen LogP contribution in [-0.4, -0.2) is 32.1 Å². The number of fused-ring (bicyclic) bond motifs is 2. The van der Waals surface area contributed by atoms with Gasteiger partial charge in [-0.25, -0.2) is 0 Å². The lowest BCUT2D eigenvalue weighted by Crippen LogP contribution is -2.47. The minimum Gasteiger partial charge on any atom is -0.368 e. The van der Waals surface area contributed by atoms with E-state index < -0.39 is 0 Å². The molecule has 0 radical (unpaired) electrons.